The van der Waals surface area contributed by atoms with E-state index < -0.39 is 0 Å². The van der Waals surface area contributed by atoms with Crippen molar-refractivity contribution in [3.8, 4) is 0 Å². The fourth-order valence-electron chi connectivity index (χ4n) is 2.88. The number of nitrogen functional groups attached to an aromatic ring is 1. The van der Waals surface area contributed by atoms with E-state index in [9.17, 15) is 4.79 Å². The molecule has 1 aromatic rings. The third-order valence-electron chi connectivity index (χ3n) is 4.57. The molecule has 0 heterocycles. The Labute approximate surface area is 127 Å². The van der Waals surface area contributed by atoms with Gasteiger partial charge >= 0.3 is 0 Å². The van der Waals surface area contributed by atoms with Crippen molar-refractivity contribution in [2.75, 3.05) is 17.7 Å². The smallest absolute Gasteiger partial charge is 0.250 e. The van der Waals surface area contributed by atoms with Crippen LogP contribution in [0.25, 0.3) is 0 Å². The summed E-state index contributed by atoms with van der Waals surface area (Å²) in [7, 11) is 0. The van der Waals surface area contributed by atoms with Crippen LogP contribution in [0.15, 0.2) is 18.2 Å². The standard InChI is InChI=1S/C17H26N2O2/c1-11-7-8-14(9-13(11)3)21-10-16(20)19-17-12(2)5-4-6-15(17)18/h4-6,11,13-14H,7-10,18H2,1-3H3,(H,19,20). The molecule has 3 atom stereocenters. The van der Waals surface area contributed by atoms with Gasteiger partial charge in [-0.25, -0.2) is 0 Å². The largest absolute Gasteiger partial charge is 0.397 e. The quantitative estimate of drug-likeness (QED) is 0.836. The molecule has 0 spiro atoms. The average Bonchev–Trinajstić information content (AvgIpc) is 2.44. The lowest BCUT2D eigenvalue weighted by Crippen LogP contribution is -2.30. The Morgan fingerprint density at radius 2 is 2.10 bits per heavy atom. The summed E-state index contributed by atoms with van der Waals surface area (Å²) in [6.07, 6.45) is 3.47. The maximum Gasteiger partial charge on any atom is 0.250 e. The van der Waals surface area contributed by atoms with Gasteiger partial charge in [-0.05, 0) is 49.7 Å². The summed E-state index contributed by atoms with van der Waals surface area (Å²) in [4.78, 5) is 12.0. The summed E-state index contributed by atoms with van der Waals surface area (Å²) in [5.74, 6) is 1.28. The van der Waals surface area contributed by atoms with Crippen molar-refractivity contribution < 1.29 is 9.53 Å². The highest BCUT2D eigenvalue weighted by Gasteiger charge is 2.25. The fraction of sp³-hybridized carbons (Fsp3) is 0.588. The van der Waals surface area contributed by atoms with Gasteiger partial charge in [0.25, 0.3) is 0 Å². The number of amides is 1. The number of benzene rings is 1. The van der Waals surface area contributed by atoms with Crippen LogP contribution < -0.4 is 11.1 Å². The van der Waals surface area contributed by atoms with E-state index in [2.05, 4.69) is 19.2 Å². The van der Waals surface area contributed by atoms with E-state index in [0.717, 1.165) is 24.3 Å². The number of carbonyl (C=O) groups excluding carboxylic acids is 1. The van der Waals surface area contributed by atoms with Gasteiger partial charge in [0.2, 0.25) is 5.91 Å². The summed E-state index contributed by atoms with van der Waals surface area (Å²) in [5, 5.41) is 2.85. The molecule has 4 nitrogen and oxygen atoms in total. The normalized spacial score (nSPS) is 25.6. The number of hydrogen-bond donors (Lipinski definition) is 2. The molecule has 3 unspecified atom stereocenters. The summed E-state index contributed by atoms with van der Waals surface area (Å²) in [6.45, 7) is 6.57. The van der Waals surface area contributed by atoms with Gasteiger partial charge in [0, 0.05) is 0 Å². The van der Waals surface area contributed by atoms with E-state index in [4.69, 9.17) is 10.5 Å². The predicted octanol–water partition coefficient (Wildman–Crippen LogP) is 3.36. The van der Waals surface area contributed by atoms with Crippen LogP contribution in [-0.2, 0) is 9.53 Å². The van der Waals surface area contributed by atoms with Crippen LogP contribution in [0.3, 0.4) is 0 Å². The van der Waals surface area contributed by atoms with Gasteiger partial charge in [-0.2, -0.15) is 0 Å². The number of hydrogen-bond acceptors (Lipinski definition) is 3. The van der Waals surface area contributed by atoms with Crippen LogP contribution in [0.5, 0.6) is 0 Å². The van der Waals surface area contributed by atoms with Gasteiger partial charge in [0.1, 0.15) is 6.61 Å². The van der Waals surface area contributed by atoms with Gasteiger partial charge in [-0.3, -0.25) is 4.79 Å². The highest BCUT2D eigenvalue weighted by Crippen LogP contribution is 2.31. The van der Waals surface area contributed by atoms with Gasteiger partial charge in [-0.1, -0.05) is 26.0 Å². The maximum absolute atomic E-state index is 12.0. The summed E-state index contributed by atoms with van der Waals surface area (Å²) >= 11 is 0. The molecule has 0 bridgehead atoms. The van der Waals surface area contributed by atoms with E-state index in [1.165, 1.54) is 6.42 Å². The Morgan fingerprint density at radius 3 is 2.76 bits per heavy atom. The SMILES string of the molecule is Cc1cccc(N)c1NC(=O)COC1CCC(C)C(C)C1. The van der Waals surface area contributed by atoms with Crippen LogP contribution in [0, 0.1) is 18.8 Å². The first-order valence-electron chi connectivity index (χ1n) is 7.74. The number of para-hydroxylation sites is 1. The monoisotopic (exact) mass is 290 g/mol. The third kappa shape index (κ3) is 4.21. The molecule has 1 aromatic carbocycles. The van der Waals surface area contributed by atoms with Crippen molar-refractivity contribution in [2.45, 2.75) is 46.1 Å². The number of anilines is 2. The minimum absolute atomic E-state index is 0.0968. The molecule has 1 aliphatic rings. The molecule has 0 aromatic heterocycles. The van der Waals surface area contributed by atoms with Crippen LogP contribution >= 0.6 is 0 Å². The molecule has 21 heavy (non-hydrogen) atoms. The molecular formula is C17H26N2O2. The number of nitrogens with one attached hydrogen (secondary N) is 1. The van der Waals surface area contributed by atoms with E-state index in [0.29, 0.717) is 17.3 Å². The van der Waals surface area contributed by atoms with E-state index >= 15 is 0 Å². The molecule has 0 saturated heterocycles. The topological polar surface area (TPSA) is 64.3 Å². The Bertz CT molecular complexity index is 481. The Kier molecular flexibility index (Phi) is 5.23. The molecule has 0 radical (unpaired) electrons. The first-order chi connectivity index (χ1) is 9.97. The lowest BCUT2D eigenvalue weighted by Gasteiger charge is -2.31. The molecule has 2 rings (SSSR count). The second-order valence-electron chi connectivity index (χ2n) is 6.29. The predicted molar refractivity (Wildman–Crippen MR) is 86.1 cm³/mol. The molecule has 116 valence electrons. The molecule has 4 heteroatoms. The minimum Gasteiger partial charge on any atom is -0.397 e. The number of ether oxygens (including phenoxy) is 1. The van der Waals surface area contributed by atoms with Crippen LogP contribution in [0.4, 0.5) is 11.4 Å². The van der Waals surface area contributed by atoms with E-state index in [1.54, 1.807) is 6.07 Å². The van der Waals surface area contributed by atoms with Gasteiger partial charge in [0.05, 0.1) is 17.5 Å². The number of carbonyl (C=O) groups is 1. The summed E-state index contributed by atoms with van der Waals surface area (Å²) in [5.41, 5.74) is 8.13. The summed E-state index contributed by atoms with van der Waals surface area (Å²) in [6, 6.07) is 5.59. The van der Waals surface area contributed by atoms with Gasteiger partial charge in [-0.15, -0.1) is 0 Å². The van der Waals surface area contributed by atoms with Crippen molar-refractivity contribution in [3.63, 3.8) is 0 Å². The van der Waals surface area contributed by atoms with Crippen LogP contribution in [0.2, 0.25) is 0 Å². The molecule has 1 fully saturated rings. The van der Waals surface area contributed by atoms with Crippen LogP contribution in [0.1, 0.15) is 38.7 Å². The maximum atomic E-state index is 12.0. The van der Waals surface area contributed by atoms with Gasteiger partial charge in [0.15, 0.2) is 0 Å². The number of rotatable bonds is 4. The zero-order valence-electron chi connectivity index (χ0n) is 13.2. The number of aryl methyl sites for hydroxylation is 1. The summed E-state index contributed by atoms with van der Waals surface area (Å²) < 4.78 is 5.76. The molecule has 1 saturated carbocycles. The van der Waals surface area contributed by atoms with E-state index in [-0.39, 0.29) is 18.6 Å². The first-order valence-corrected chi connectivity index (χ1v) is 7.74. The van der Waals surface area contributed by atoms with Crippen LogP contribution in [-0.4, -0.2) is 18.6 Å². The van der Waals surface area contributed by atoms with Crippen molar-refractivity contribution in [1.29, 1.82) is 0 Å². The second-order valence-corrected chi connectivity index (χ2v) is 6.29. The van der Waals surface area contributed by atoms with Gasteiger partial charge < -0.3 is 15.8 Å². The average molecular weight is 290 g/mol. The molecule has 0 aliphatic heterocycles. The second kappa shape index (κ2) is 6.94. The van der Waals surface area contributed by atoms with Crippen molar-refractivity contribution >= 4 is 17.3 Å². The van der Waals surface area contributed by atoms with Crippen molar-refractivity contribution in [1.82, 2.24) is 0 Å². The Hall–Kier alpha value is -1.55. The van der Waals surface area contributed by atoms with E-state index in [1.807, 2.05) is 19.1 Å². The van der Waals surface area contributed by atoms with Crippen molar-refractivity contribution in [2.24, 2.45) is 11.8 Å². The highest BCUT2D eigenvalue weighted by molar-refractivity contribution is 5.95. The zero-order valence-corrected chi connectivity index (χ0v) is 13.2. The third-order valence-corrected chi connectivity index (χ3v) is 4.57. The Morgan fingerprint density at radius 1 is 1.33 bits per heavy atom. The number of nitrogens with two attached hydrogens (primary N) is 1. The zero-order chi connectivity index (χ0) is 15.4. The highest BCUT2D eigenvalue weighted by atomic mass is 16.5. The molecule has 3 N–H and O–H groups in total. The fourth-order valence-corrected chi connectivity index (χ4v) is 2.88. The minimum atomic E-state index is -0.137. The molecular weight excluding hydrogens is 264 g/mol. The van der Waals surface area contributed by atoms with Crippen molar-refractivity contribution in [3.05, 3.63) is 23.8 Å². The molecule has 1 amide bonds. The first kappa shape index (κ1) is 15.8. The lowest BCUT2D eigenvalue weighted by molar-refractivity contribution is -0.123. The Balaban J connectivity index is 1.83. The lowest BCUT2D eigenvalue weighted by atomic mass is 9.80. The molecule has 1 aliphatic carbocycles.